The Balaban J connectivity index is 1.42. The van der Waals surface area contributed by atoms with E-state index in [9.17, 15) is 0 Å². The van der Waals surface area contributed by atoms with Crippen molar-refractivity contribution in [2.24, 2.45) is 0 Å². The van der Waals surface area contributed by atoms with E-state index >= 15 is 0 Å². The average molecular weight is 294 g/mol. The van der Waals surface area contributed by atoms with Crippen LogP contribution in [0.25, 0.3) is 0 Å². The van der Waals surface area contributed by atoms with Crippen LogP contribution in [0.2, 0.25) is 0 Å². The molecule has 0 aromatic heterocycles. The Morgan fingerprint density at radius 1 is 0.952 bits per heavy atom. The Morgan fingerprint density at radius 2 is 1.86 bits per heavy atom. The minimum Gasteiger partial charge on any atom is -0.375 e. The van der Waals surface area contributed by atoms with E-state index in [0.717, 1.165) is 38.7 Å². The Bertz CT molecular complexity index is 388. The van der Waals surface area contributed by atoms with Crippen LogP contribution in [0, 0.1) is 0 Å². The molecule has 4 heteroatoms. The number of rotatable bonds is 1. The smallest absolute Gasteiger partial charge is 0.169 e. The summed E-state index contributed by atoms with van der Waals surface area (Å²) < 4.78 is 24.5. The predicted molar refractivity (Wildman–Crippen MR) is 78.0 cm³/mol. The lowest BCUT2D eigenvalue weighted by Gasteiger charge is -2.34. The van der Waals surface area contributed by atoms with Crippen molar-refractivity contribution in [1.29, 1.82) is 0 Å². The molecule has 0 radical (unpaired) electrons. The largest absolute Gasteiger partial charge is 0.375 e. The molecule has 4 aliphatic rings. The Morgan fingerprint density at radius 3 is 2.76 bits per heavy atom. The standard InChI is InChI=1S/C17H26O4/c1-2-9-17(10-3-1)19-12-16(21-17)15-7-4-6-13-14(20-15)8-5-11-18-13/h4,7,13-16H,1-3,5-6,8-12H2/t13-,14+,15+,16+/m0/s1. The fourth-order valence-corrected chi connectivity index (χ4v) is 4.09. The van der Waals surface area contributed by atoms with Crippen LogP contribution >= 0.6 is 0 Å². The van der Waals surface area contributed by atoms with Gasteiger partial charge in [-0.25, -0.2) is 0 Å². The Labute approximate surface area is 126 Å². The number of hydrogen-bond acceptors (Lipinski definition) is 4. The zero-order valence-electron chi connectivity index (χ0n) is 12.7. The van der Waals surface area contributed by atoms with Crippen LogP contribution in [0.1, 0.15) is 51.4 Å². The van der Waals surface area contributed by atoms with Gasteiger partial charge in [0.25, 0.3) is 0 Å². The summed E-state index contributed by atoms with van der Waals surface area (Å²) in [5.41, 5.74) is 0. The van der Waals surface area contributed by atoms with Gasteiger partial charge in [0.15, 0.2) is 5.79 Å². The lowest BCUT2D eigenvalue weighted by molar-refractivity contribution is -0.203. The molecule has 1 spiro atoms. The molecule has 3 aliphatic heterocycles. The normalized spacial score (nSPS) is 42.7. The summed E-state index contributed by atoms with van der Waals surface area (Å²) in [6, 6.07) is 0. The van der Waals surface area contributed by atoms with Crippen molar-refractivity contribution >= 4 is 0 Å². The first kappa shape index (κ1) is 14.2. The van der Waals surface area contributed by atoms with Gasteiger partial charge in [-0.2, -0.15) is 0 Å². The monoisotopic (exact) mass is 294 g/mol. The van der Waals surface area contributed by atoms with Crippen molar-refractivity contribution in [2.45, 2.75) is 81.6 Å². The lowest BCUT2D eigenvalue weighted by atomic mass is 9.94. The van der Waals surface area contributed by atoms with E-state index in [1.54, 1.807) is 0 Å². The molecule has 21 heavy (non-hydrogen) atoms. The fourth-order valence-electron chi connectivity index (χ4n) is 4.09. The molecule has 0 aromatic carbocycles. The molecule has 0 aromatic rings. The van der Waals surface area contributed by atoms with Crippen LogP contribution in [-0.4, -0.2) is 43.4 Å². The van der Waals surface area contributed by atoms with Gasteiger partial charge in [0, 0.05) is 19.4 Å². The van der Waals surface area contributed by atoms with Crippen molar-refractivity contribution in [1.82, 2.24) is 0 Å². The maximum atomic E-state index is 6.33. The molecule has 3 fully saturated rings. The summed E-state index contributed by atoms with van der Waals surface area (Å²) in [5, 5.41) is 0. The number of hydrogen-bond donors (Lipinski definition) is 0. The van der Waals surface area contributed by atoms with Crippen LogP contribution in [0.4, 0.5) is 0 Å². The molecule has 4 atom stereocenters. The van der Waals surface area contributed by atoms with Gasteiger partial charge in [-0.15, -0.1) is 0 Å². The van der Waals surface area contributed by atoms with Crippen LogP contribution < -0.4 is 0 Å². The molecule has 2 saturated heterocycles. The van der Waals surface area contributed by atoms with E-state index in [0.29, 0.717) is 6.61 Å². The molecule has 0 amide bonds. The van der Waals surface area contributed by atoms with Gasteiger partial charge in [0.1, 0.15) is 12.2 Å². The van der Waals surface area contributed by atoms with Gasteiger partial charge in [-0.05, 0) is 32.1 Å². The van der Waals surface area contributed by atoms with Crippen molar-refractivity contribution in [3.8, 4) is 0 Å². The summed E-state index contributed by atoms with van der Waals surface area (Å²) in [6.07, 6.45) is 13.8. The van der Waals surface area contributed by atoms with Crippen molar-refractivity contribution in [3.05, 3.63) is 12.2 Å². The third-order valence-electron chi connectivity index (χ3n) is 5.26. The van der Waals surface area contributed by atoms with E-state index in [4.69, 9.17) is 18.9 Å². The third kappa shape index (κ3) is 2.91. The highest BCUT2D eigenvalue weighted by molar-refractivity contribution is 5.02. The molecule has 4 nitrogen and oxygen atoms in total. The maximum Gasteiger partial charge on any atom is 0.169 e. The zero-order chi connectivity index (χ0) is 14.1. The van der Waals surface area contributed by atoms with E-state index in [1.807, 2.05) is 0 Å². The van der Waals surface area contributed by atoms with Gasteiger partial charge in [-0.1, -0.05) is 18.6 Å². The van der Waals surface area contributed by atoms with E-state index in [2.05, 4.69) is 12.2 Å². The quantitative estimate of drug-likeness (QED) is 0.697. The fraction of sp³-hybridized carbons (Fsp3) is 0.882. The Hall–Kier alpha value is -0.420. The van der Waals surface area contributed by atoms with Crippen molar-refractivity contribution < 1.29 is 18.9 Å². The SMILES string of the molecule is C1=C[C@H]([C@H]2COC3(CCCCC3)O2)O[C@@H]2CCCO[C@H]2C1. The zero-order valence-corrected chi connectivity index (χ0v) is 12.7. The van der Waals surface area contributed by atoms with Gasteiger partial charge < -0.3 is 18.9 Å². The summed E-state index contributed by atoms with van der Waals surface area (Å²) in [4.78, 5) is 0. The minimum absolute atomic E-state index is 0.0167. The molecule has 1 aliphatic carbocycles. The minimum atomic E-state index is -0.311. The third-order valence-corrected chi connectivity index (χ3v) is 5.26. The van der Waals surface area contributed by atoms with E-state index < -0.39 is 0 Å². The van der Waals surface area contributed by atoms with Gasteiger partial charge in [0.05, 0.1) is 18.8 Å². The number of fused-ring (bicyclic) bond motifs is 1. The summed E-state index contributed by atoms with van der Waals surface area (Å²) in [5.74, 6) is -0.311. The van der Waals surface area contributed by atoms with Gasteiger partial charge >= 0.3 is 0 Å². The molecule has 4 rings (SSSR count). The number of ether oxygens (including phenoxy) is 4. The first-order valence-corrected chi connectivity index (χ1v) is 8.60. The second-order valence-corrected chi connectivity index (χ2v) is 6.79. The highest BCUT2D eigenvalue weighted by Gasteiger charge is 2.45. The molecule has 0 N–H and O–H groups in total. The summed E-state index contributed by atoms with van der Waals surface area (Å²) in [7, 11) is 0. The lowest BCUT2D eigenvalue weighted by Crippen LogP contribution is -2.41. The second kappa shape index (κ2) is 5.99. The topological polar surface area (TPSA) is 36.9 Å². The maximum absolute atomic E-state index is 6.33. The molecule has 0 unspecified atom stereocenters. The molecule has 118 valence electrons. The van der Waals surface area contributed by atoms with Crippen LogP contribution in [0.15, 0.2) is 12.2 Å². The van der Waals surface area contributed by atoms with Crippen LogP contribution in [0.5, 0.6) is 0 Å². The van der Waals surface area contributed by atoms with Gasteiger partial charge in [-0.3, -0.25) is 0 Å². The first-order chi connectivity index (χ1) is 10.3. The average Bonchev–Trinajstić information content (AvgIpc) is 2.80. The molecular formula is C17H26O4. The summed E-state index contributed by atoms with van der Waals surface area (Å²) >= 11 is 0. The van der Waals surface area contributed by atoms with E-state index in [-0.39, 0.29) is 30.2 Å². The first-order valence-electron chi connectivity index (χ1n) is 8.60. The Kier molecular flexibility index (Phi) is 4.05. The molecular weight excluding hydrogens is 268 g/mol. The predicted octanol–water partition coefficient (Wildman–Crippen LogP) is 2.95. The van der Waals surface area contributed by atoms with Gasteiger partial charge in [0.2, 0.25) is 0 Å². The molecule has 3 heterocycles. The van der Waals surface area contributed by atoms with Crippen LogP contribution in [-0.2, 0) is 18.9 Å². The summed E-state index contributed by atoms with van der Waals surface area (Å²) in [6.45, 7) is 1.53. The van der Waals surface area contributed by atoms with Crippen molar-refractivity contribution in [3.63, 3.8) is 0 Å². The van der Waals surface area contributed by atoms with Crippen LogP contribution in [0.3, 0.4) is 0 Å². The molecule has 0 bridgehead atoms. The van der Waals surface area contributed by atoms with E-state index in [1.165, 1.54) is 19.3 Å². The second-order valence-electron chi connectivity index (χ2n) is 6.79. The highest BCUT2D eigenvalue weighted by atomic mass is 16.8. The highest BCUT2D eigenvalue weighted by Crippen LogP contribution is 2.39. The molecule has 1 saturated carbocycles. The van der Waals surface area contributed by atoms with Crippen molar-refractivity contribution in [2.75, 3.05) is 13.2 Å².